The topological polar surface area (TPSA) is 92.3 Å². The molecule has 0 saturated carbocycles. The number of likely N-dealkylation sites (tertiary alicyclic amines) is 1. The summed E-state index contributed by atoms with van der Waals surface area (Å²) in [6.07, 6.45) is 3.82. The third kappa shape index (κ3) is 5.39. The molecule has 0 spiro atoms. The molecule has 1 saturated heterocycles. The number of amides is 1. The molecule has 166 valence electrons. The van der Waals surface area contributed by atoms with Gasteiger partial charge in [0.1, 0.15) is 5.75 Å². The normalized spacial score (nSPS) is 16.0. The van der Waals surface area contributed by atoms with Crippen molar-refractivity contribution >= 4 is 23.2 Å². The summed E-state index contributed by atoms with van der Waals surface area (Å²) in [7, 11) is 1.62. The van der Waals surface area contributed by atoms with Crippen molar-refractivity contribution in [2.75, 3.05) is 30.8 Å². The summed E-state index contributed by atoms with van der Waals surface area (Å²) in [6, 6.07) is 13.4. The first-order valence-corrected chi connectivity index (χ1v) is 10.7. The van der Waals surface area contributed by atoms with Crippen molar-refractivity contribution in [3.63, 3.8) is 0 Å². The molecule has 1 atom stereocenters. The molecule has 4 rings (SSSR count). The number of aryl methyl sites for hydroxylation is 2. The molecule has 0 aliphatic carbocycles. The van der Waals surface area contributed by atoms with Crippen LogP contribution in [0.5, 0.6) is 5.75 Å². The molecule has 3 heterocycles. The number of carbonyl (C=O) groups is 1. The van der Waals surface area contributed by atoms with Gasteiger partial charge in [-0.3, -0.25) is 14.7 Å². The van der Waals surface area contributed by atoms with E-state index in [9.17, 15) is 4.79 Å². The first-order chi connectivity index (χ1) is 15.5. The Morgan fingerprint density at radius 2 is 1.81 bits per heavy atom. The van der Waals surface area contributed by atoms with Gasteiger partial charge < -0.3 is 15.4 Å². The smallest absolute Gasteiger partial charge is 0.238 e. The number of anilines is 3. The summed E-state index contributed by atoms with van der Waals surface area (Å²) >= 11 is 0. The summed E-state index contributed by atoms with van der Waals surface area (Å²) in [4.78, 5) is 28.2. The lowest BCUT2D eigenvalue weighted by molar-refractivity contribution is -0.117. The summed E-state index contributed by atoms with van der Waals surface area (Å²) in [5, 5.41) is 6.17. The SMILES string of the molecule is COc1ccc(NC(=O)CN2CCC[C@H]2c2ccc(Nc3nc(C)cc(C)n3)cn2)cc1. The first kappa shape index (κ1) is 21.7. The third-order valence-corrected chi connectivity index (χ3v) is 5.45. The lowest BCUT2D eigenvalue weighted by Gasteiger charge is -2.23. The second-order valence-electron chi connectivity index (χ2n) is 7.98. The van der Waals surface area contributed by atoms with Gasteiger partial charge in [-0.1, -0.05) is 0 Å². The van der Waals surface area contributed by atoms with Crippen molar-refractivity contribution in [3.8, 4) is 5.75 Å². The molecule has 2 aromatic heterocycles. The van der Waals surface area contributed by atoms with Crippen LogP contribution in [0.25, 0.3) is 0 Å². The number of aromatic nitrogens is 3. The van der Waals surface area contributed by atoms with Crippen LogP contribution in [0.1, 0.15) is 36.0 Å². The monoisotopic (exact) mass is 432 g/mol. The largest absolute Gasteiger partial charge is 0.497 e. The minimum atomic E-state index is -0.0349. The maximum atomic E-state index is 12.6. The molecule has 8 nitrogen and oxygen atoms in total. The van der Waals surface area contributed by atoms with E-state index in [1.165, 1.54) is 0 Å². The Balaban J connectivity index is 1.37. The standard InChI is InChI=1S/C24H28N6O2/c1-16-13-17(2)27-24(26-16)29-19-8-11-21(25-14-19)22-5-4-12-30(22)15-23(31)28-18-6-9-20(32-3)10-7-18/h6-11,13-14,22H,4-5,12,15H2,1-3H3,(H,28,31)(H,26,27,29)/t22-/m0/s1. The lowest BCUT2D eigenvalue weighted by Crippen LogP contribution is -2.33. The highest BCUT2D eigenvalue weighted by Gasteiger charge is 2.28. The number of hydrogen-bond acceptors (Lipinski definition) is 7. The molecule has 8 heteroatoms. The first-order valence-electron chi connectivity index (χ1n) is 10.7. The Hall–Kier alpha value is -3.52. The molecule has 0 radical (unpaired) electrons. The van der Waals surface area contributed by atoms with E-state index < -0.39 is 0 Å². The number of nitrogens with one attached hydrogen (secondary N) is 2. The highest BCUT2D eigenvalue weighted by molar-refractivity contribution is 5.92. The molecule has 1 fully saturated rings. The van der Waals surface area contributed by atoms with E-state index in [2.05, 4.69) is 30.5 Å². The van der Waals surface area contributed by atoms with Crippen LogP contribution in [-0.2, 0) is 4.79 Å². The van der Waals surface area contributed by atoms with Crippen LogP contribution in [0.15, 0.2) is 48.7 Å². The van der Waals surface area contributed by atoms with Gasteiger partial charge in [0, 0.05) is 17.1 Å². The van der Waals surface area contributed by atoms with Crippen LogP contribution < -0.4 is 15.4 Å². The Kier molecular flexibility index (Phi) is 6.61. The van der Waals surface area contributed by atoms with Crippen molar-refractivity contribution in [2.45, 2.75) is 32.7 Å². The van der Waals surface area contributed by atoms with Gasteiger partial charge in [-0.15, -0.1) is 0 Å². The van der Waals surface area contributed by atoms with Crippen molar-refractivity contribution in [2.24, 2.45) is 0 Å². The van der Waals surface area contributed by atoms with Crippen molar-refractivity contribution in [1.29, 1.82) is 0 Å². The van der Waals surface area contributed by atoms with Crippen LogP contribution in [0.4, 0.5) is 17.3 Å². The van der Waals surface area contributed by atoms with Crippen LogP contribution in [0.2, 0.25) is 0 Å². The predicted molar refractivity (Wildman–Crippen MR) is 124 cm³/mol. The quantitative estimate of drug-likeness (QED) is 0.583. The fourth-order valence-electron chi connectivity index (χ4n) is 4.00. The highest BCUT2D eigenvalue weighted by atomic mass is 16.5. The number of carbonyl (C=O) groups excluding carboxylic acids is 1. The number of methoxy groups -OCH3 is 1. The molecule has 2 N–H and O–H groups in total. The Morgan fingerprint density at radius 1 is 1.09 bits per heavy atom. The van der Waals surface area contributed by atoms with Gasteiger partial charge in [0.05, 0.1) is 37.3 Å². The highest BCUT2D eigenvalue weighted by Crippen LogP contribution is 2.31. The molecule has 1 aliphatic heterocycles. The van der Waals surface area contributed by atoms with E-state index in [0.717, 1.165) is 53.6 Å². The Labute approximate surface area is 188 Å². The summed E-state index contributed by atoms with van der Waals surface area (Å²) in [5.74, 6) is 1.29. The van der Waals surface area contributed by atoms with Crippen molar-refractivity contribution < 1.29 is 9.53 Å². The van der Waals surface area contributed by atoms with Gasteiger partial charge in [-0.2, -0.15) is 0 Å². The van der Waals surface area contributed by atoms with Crippen molar-refractivity contribution in [1.82, 2.24) is 19.9 Å². The summed E-state index contributed by atoms with van der Waals surface area (Å²) < 4.78 is 5.16. The van der Waals surface area contributed by atoms with Crippen LogP contribution >= 0.6 is 0 Å². The minimum absolute atomic E-state index is 0.0349. The Morgan fingerprint density at radius 3 is 2.47 bits per heavy atom. The average Bonchev–Trinajstić information content (AvgIpc) is 3.22. The molecule has 3 aromatic rings. The fourth-order valence-corrected chi connectivity index (χ4v) is 4.00. The lowest BCUT2D eigenvalue weighted by atomic mass is 10.1. The molecule has 0 bridgehead atoms. The minimum Gasteiger partial charge on any atom is -0.497 e. The summed E-state index contributed by atoms with van der Waals surface area (Å²) in [6.45, 7) is 5.09. The molecule has 0 unspecified atom stereocenters. The number of benzene rings is 1. The van der Waals surface area contributed by atoms with Crippen LogP contribution in [0.3, 0.4) is 0 Å². The zero-order valence-electron chi connectivity index (χ0n) is 18.6. The molecule has 1 aromatic carbocycles. The van der Waals surface area contributed by atoms with E-state index in [-0.39, 0.29) is 11.9 Å². The number of hydrogen-bond donors (Lipinski definition) is 2. The van der Waals surface area contributed by atoms with Crippen molar-refractivity contribution in [3.05, 3.63) is 65.7 Å². The zero-order chi connectivity index (χ0) is 22.5. The van der Waals surface area contributed by atoms with Gasteiger partial charge in [0.25, 0.3) is 0 Å². The molecule has 1 amide bonds. The fraction of sp³-hybridized carbons (Fsp3) is 0.333. The summed E-state index contributed by atoms with van der Waals surface area (Å²) in [5.41, 5.74) is 4.39. The molecule has 1 aliphatic rings. The van der Waals surface area contributed by atoms with E-state index in [1.807, 2.05) is 56.3 Å². The van der Waals surface area contributed by atoms with Crippen LogP contribution in [-0.4, -0.2) is 46.0 Å². The maximum absolute atomic E-state index is 12.6. The van der Waals surface area contributed by atoms with Gasteiger partial charge in [-0.25, -0.2) is 9.97 Å². The zero-order valence-corrected chi connectivity index (χ0v) is 18.6. The number of rotatable bonds is 7. The number of pyridine rings is 1. The van der Waals surface area contributed by atoms with Crippen LogP contribution in [0, 0.1) is 13.8 Å². The predicted octanol–water partition coefficient (Wildman–Crippen LogP) is 4.02. The van der Waals surface area contributed by atoms with Gasteiger partial charge in [0.15, 0.2) is 0 Å². The molecular formula is C24H28N6O2. The number of ether oxygens (including phenoxy) is 1. The Bertz CT molecular complexity index is 1050. The third-order valence-electron chi connectivity index (χ3n) is 5.45. The second-order valence-corrected chi connectivity index (χ2v) is 7.98. The second kappa shape index (κ2) is 9.74. The molecule has 32 heavy (non-hydrogen) atoms. The maximum Gasteiger partial charge on any atom is 0.238 e. The van der Waals surface area contributed by atoms with Gasteiger partial charge in [-0.05, 0) is 75.7 Å². The van der Waals surface area contributed by atoms with E-state index >= 15 is 0 Å². The average molecular weight is 433 g/mol. The van der Waals surface area contributed by atoms with E-state index in [1.54, 1.807) is 13.3 Å². The van der Waals surface area contributed by atoms with Gasteiger partial charge >= 0.3 is 0 Å². The van der Waals surface area contributed by atoms with E-state index in [0.29, 0.717) is 12.5 Å². The van der Waals surface area contributed by atoms with E-state index in [4.69, 9.17) is 4.74 Å². The molecular weight excluding hydrogens is 404 g/mol. The van der Waals surface area contributed by atoms with Gasteiger partial charge in [0.2, 0.25) is 11.9 Å². The number of nitrogens with zero attached hydrogens (tertiary/aromatic N) is 4.